The van der Waals surface area contributed by atoms with Crippen LogP contribution in [0.4, 0.5) is 5.69 Å². The first-order valence-electron chi connectivity index (χ1n) is 14.5. The fourth-order valence-corrected chi connectivity index (χ4v) is 4.71. The van der Waals surface area contributed by atoms with Gasteiger partial charge in [0.15, 0.2) is 0 Å². The molecule has 2 aromatic rings. The highest BCUT2D eigenvalue weighted by Gasteiger charge is 2.13. The maximum Gasteiger partial charge on any atom is 0.220 e. The number of rotatable bonds is 10. The van der Waals surface area contributed by atoms with Crippen LogP contribution >= 0.6 is 9.24 Å². The van der Waals surface area contributed by atoms with E-state index in [1.54, 1.807) is 18.5 Å². The lowest BCUT2D eigenvalue weighted by Gasteiger charge is -2.26. The van der Waals surface area contributed by atoms with E-state index in [9.17, 15) is 4.79 Å². The SMILES string of the molecule is CC.CC/C(C)=C/c1c(N(C)C(N)/C=C\NC(C)=O)ccnc1C.CC/C=C(\CCC)c1c(C)cc(C#N)cc1P. The molecule has 2 unspecified atom stereocenters. The van der Waals surface area contributed by atoms with Crippen LogP contribution in [0.25, 0.3) is 11.6 Å². The minimum absolute atomic E-state index is 0.118. The van der Waals surface area contributed by atoms with Crippen molar-refractivity contribution >= 4 is 37.8 Å². The van der Waals surface area contributed by atoms with Gasteiger partial charge in [0.1, 0.15) is 0 Å². The zero-order valence-electron chi connectivity index (χ0n) is 26.9. The number of carbonyl (C=O) groups excluding carboxylic acids is 1. The van der Waals surface area contributed by atoms with Crippen LogP contribution in [-0.2, 0) is 4.79 Å². The quantitative estimate of drug-likeness (QED) is 0.224. The van der Waals surface area contributed by atoms with Gasteiger partial charge >= 0.3 is 0 Å². The van der Waals surface area contributed by atoms with Gasteiger partial charge in [-0.3, -0.25) is 9.78 Å². The molecule has 2 rings (SSSR count). The summed E-state index contributed by atoms with van der Waals surface area (Å²) in [4.78, 5) is 17.2. The molecule has 0 radical (unpaired) electrons. The van der Waals surface area contributed by atoms with E-state index in [-0.39, 0.29) is 12.1 Å². The molecule has 0 aliphatic carbocycles. The molecule has 7 heteroatoms. The molecular weight excluding hydrogens is 525 g/mol. The maximum atomic E-state index is 10.9. The summed E-state index contributed by atoms with van der Waals surface area (Å²) in [7, 11) is 4.69. The number of anilines is 1. The lowest BCUT2D eigenvalue weighted by atomic mass is 9.94. The predicted octanol–water partition coefficient (Wildman–Crippen LogP) is 7.56. The van der Waals surface area contributed by atoms with Gasteiger partial charge in [0.25, 0.3) is 0 Å². The molecule has 0 bridgehead atoms. The lowest BCUT2D eigenvalue weighted by molar-refractivity contribution is -0.118. The Kier molecular flexibility index (Phi) is 19.0. The molecule has 1 heterocycles. The first-order chi connectivity index (χ1) is 19.5. The fourth-order valence-electron chi connectivity index (χ4n) is 4.12. The number of nitrogens with zero attached hydrogens (tertiary/aromatic N) is 3. The monoisotopic (exact) mass is 577 g/mol. The molecule has 41 heavy (non-hydrogen) atoms. The summed E-state index contributed by atoms with van der Waals surface area (Å²) in [6, 6.07) is 8.08. The fraction of sp³-hybridized carbons (Fsp3) is 0.441. The second-order valence-electron chi connectivity index (χ2n) is 9.59. The number of carbonyl (C=O) groups is 1. The molecule has 0 fully saturated rings. The number of pyridine rings is 1. The van der Waals surface area contributed by atoms with Gasteiger partial charge < -0.3 is 16.0 Å². The number of aromatic nitrogens is 1. The van der Waals surface area contributed by atoms with E-state index in [0.29, 0.717) is 0 Å². The Morgan fingerprint density at radius 1 is 1.22 bits per heavy atom. The van der Waals surface area contributed by atoms with Crippen LogP contribution in [0.5, 0.6) is 0 Å². The van der Waals surface area contributed by atoms with Gasteiger partial charge in [0.2, 0.25) is 5.91 Å². The van der Waals surface area contributed by atoms with E-state index in [1.807, 2.05) is 50.9 Å². The van der Waals surface area contributed by atoms with Crippen molar-refractivity contribution in [3.05, 3.63) is 76.3 Å². The molecule has 3 N–H and O–H groups in total. The molecule has 6 nitrogen and oxygen atoms in total. The summed E-state index contributed by atoms with van der Waals surface area (Å²) >= 11 is 0. The number of hydrogen-bond acceptors (Lipinski definition) is 5. The summed E-state index contributed by atoms with van der Waals surface area (Å²) in [5.74, 6) is -0.118. The molecular formula is C34H52N5OP. The summed E-state index contributed by atoms with van der Waals surface area (Å²) in [6.45, 7) is 18.1. The van der Waals surface area contributed by atoms with Crippen LogP contribution in [0.3, 0.4) is 0 Å². The normalized spacial score (nSPS) is 12.0. The minimum Gasteiger partial charge on any atom is -0.355 e. The third kappa shape index (κ3) is 12.9. The topological polar surface area (TPSA) is 95.0 Å². The van der Waals surface area contributed by atoms with Crippen molar-refractivity contribution in [3.63, 3.8) is 0 Å². The second-order valence-corrected chi connectivity index (χ2v) is 10.2. The first-order valence-corrected chi connectivity index (χ1v) is 15.1. The Balaban J connectivity index is 0.000000757. The van der Waals surface area contributed by atoms with Crippen molar-refractivity contribution in [1.29, 1.82) is 5.26 Å². The largest absolute Gasteiger partial charge is 0.355 e. The maximum absolute atomic E-state index is 10.9. The summed E-state index contributed by atoms with van der Waals surface area (Å²) in [5, 5.41) is 12.7. The number of nitriles is 1. The van der Waals surface area contributed by atoms with Crippen LogP contribution in [-0.4, -0.2) is 24.1 Å². The average molecular weight is 578 g/mol. The van der Waals surface area contributed by atoms with Crippen molar-refractivity contribution in [2.24, 2.45) is 5.73 Å². The molecule has 0 aliphatic rings. The van der Waals surface area contributed by atoms with Gasteiger partial charge in [-0.2, -0.15) is 5.26 Å². The summed E-state index contributed by atoms with van der Waals surface area (Å²) < 4.78 is 0. The Bertz CT molecular complexity index is 1220. The second kappa shape index (κ2) is 20.6. The van der Waals surface area contributed by atoms with Crippen LogP contribution < -0.4 is 21.3 Å². The third-order valence-corrected chi connectivity index (χ3v) is 6.76. The van der Waals surface area contributed by atoms with E-state index in [1.165, 1.54) is 29.2 Å². The predicted molar refractivity (Wildman–Crippen MR) is 182 cm³/mol. The Morgan fingerprint density at radius 3 is 2.39 bits per heavy atom. The highest BCUT2D eigenvalue weighted by Crippen LogP contribution is 2.26. The van der Waals surface area contributed by atoms with E-state index in [0.717, 1.165) is 53.5 Å². The van der Waals surface area contributed by atoms with Gasteiger partial charge in [-0.05, 0) is 86.3 Å². The van der Waals surface area contributed by atoms with E-state index in [2.05, 4.69) is 72.4 Å². The minimum atomic E-state index is -0.345. The smallest absolute Gasteiger partial charge is 0.220 e. The molecule has 2 atom stereocenters. The van der Waals surface area contributed by atoms with E-state index < -0.39 is 0 Å². The number of amides is 1. The number of likely N-dealkylation sites (N-methyl/N-ethyl adjacent to an activating group) is 1. The number of nitrogens with one attached hydrogen (secondary N) is 1. The van der Waals surface area contributed by atoms with Gasteiger partial charge in [-0.15, -0.1) is 9.24 Å². The molecule has 0 saturated carbocycles. The van der Waals surface area contributed by atoms with Crippen LogP contribution in [0.2, 0.25) is 0 Å². The van der Waals surface area contributed by atoms with Crippen molar-refractivity contribution in [1.82, 2.24) is 10.3 Å². The van der Waals surface area contributed by atoms with Crippen molar-refractivity contribution in [2.45, 2.75) is 94.2 Å². The number of nitrogens with two attached hydrogens (primary N) is 1. The summed E-state index contributed by atoms with van der Waals surface area (Å²) in [6.07, 6.45) is 13.5. The van der Waals surface area contributed by atoms with Crippen molar-refractivity contribution in [3.8, 4) is 6.07 Å². The number of benzene rings is 1. The van der Waals surface area contributed by atoms with Gasteiger partial charge in [0, 0.05) is 43.3 Å². The molecule has 0 spiro atoms. The van der Waals surface area contributed by atoms with Crippen molar-refractivity contribution < 1.29 is 4.79 Å². The number of aryl methyl sites for hydroxylation is 2. The summed E-state index contributed by atoms with van der Waals surface area (Å²) in [5.41, 5.74) is 15.2. The molecule has 1 amide bonds. The van der Waals surface area contributed by atoms with Crippen molar-refractivity contribution in [2.75, 3.05) is 11.9 Å². The zero-order chi connectivity index (χ0) is 31.5. The average Bonchev–Trinajstić information content (AvgIpc) is 2.94. The molecule has 0 saturated heterocycles. The molecule has 0 aliphatic heterocycles. The van der Waals surface area contributed by atoms with Crippen LogP contribution in [0.15, 0.2) is 48.3 Å². The van der Waals surface area contributed by atoms with Gasteiger partial charge in [0.05, 0.1) is 17.8 Å². The highest BCUT2D eigenvalue weighted by molar-refractivity contribution is 7.27. The third-order valence-electron chi connectivity index (χ3n) is 6.31. The van der Waals surface area contributed by atoms with Crippen LogP contribution in [0, 0.1) is 25.2 Å². The Hall–Kier alpha value is -3.26. The standard InChI is InChI=1S/C17H26N4O.C15H20NP.C2H6/c1-6-12(2)11-15-13(3)19-9-7-16(15)21(5)17(18)8-10-20-14(4)22;1-4-6-13(7-5-2)15-11(3)8-12(10-16)9-14(15)17;1-2/h7-11,17H,6,18H2,1-5H3,(H,20,22);6,8-9H,4-5,7,17H2,1-3H3;1-2H3/b10-8-,12-11+;13-6+;. The highest BCUT2D eigenvalue weighted by atomic mass is 31.0. The molecule has 224 valence electrons. The molecule has 1 aromatic carbocycles. The molecule has 1 aromatic heterocycles. The Morgan fingerprint density at radius 2 is 1.88 bits per heavy atom. The first kappa shape index (κ1) is 37.7. The lowest BCUT2D eigenvalue weighted by Crippen LogP contribution is -2.38. The Labute approximate surface area is 252 Å². The van der Waals surface area contributed by atoms with E-state index in [4.69, 9.17) is 11.0 Å². The van der Waals surface area contributed by atoms with Gasteiger partial charge in [-0.1, -0.05) is 58.8 Å². The van der Waals surface area contributed by atoms with Crippen LogP contribution in [0.1, 0.15) is 102 Å². The number of allylic oxidation sites excluding steroid dienone is 3. The zero-order valence-corrected chi connectivity index (χ0v) is 28.1. The van der Waals surface area contributed by atoms with E-state index >= 15 is 0 Å². The number of hydrogen-bond donors (Lipinski definition) is 2. The van der Waals surface area contributed by atoms with Gasteiger partial charge in [-0.25, -0.2) is 0 Å².